The minimum absolute atomic E-state index is 0.131. The van der Waals surface area contributed by atoms with E-state index < -0.39 is 0 Å². The first-order valence-electron chi connectivity index (χ1n) is 11.3. The van der Waals surface area contributed by atoms with Crippen LogP contribution in [-0.4, -0.2) is 18.9 Å². The van der Waals surface area contributed by atoms with Gasteiger partial charge >= 0.3 is 0 Å². The van der Waals surface area contributed by atoms with Gasteiger partial charge in [-0.05, 0) is 80.2 Å². The van der Waals surface area contributed by atoms with Crippen molar-refractivity contribution in [3.63, 3.8) is 0 Å². The Morgan fingerprint density at radius 2 is 2.06 bits per heavy atom. The van der Waals surface area contributed by atoms with Gasteiger partial charge in [-0.1, -0.05) is 27.7 Å². The predicted octanol–water partition coefficient (Wildman–Crippen LogP) is 7.10. The lowest BCUT2D eigenvalue weighted by atomic mass is 9.72. The van der Waals surface area contributed by atoms with Crippen molar-refractivity contribution in [2.75, 3.05) is 6.61 Å². The van der Waals surface area contributed by atoms with Gasteiger partial charge in [-0.2, -0.15) is 5.26 Å². The summed E-state index contributed by atoms with van der Waals surface area (Å²) in [6.45, 7) is 13.6. The zero-order valence-electron chi connectivity index (χ0n) is 19.6. The molecule has 0 N–H and O–H groups in total. The highest BCUT2D eigenvalue weighted by atomic mass is 32.1. The van der Waals surface area contributed by atoms with Crippen LogP contribution in [0.4, 0.5) is 5.00 Å². The van der Waals surface area contributed by atoms with Gasteiger partial charge in [0.2, 0.25) is 0 Å². The number of hydrogen-bond acceptors (Lipinski definition) is 5. The molecule has 0 fully saturated rings. The summed E-state index contributed by atoms with van der Waals surface area (Å²) in [6.07, 6.45) is 6.05. The van der Waals surface area contributed by atoms with E-state index in [-0.39, 0.29) is 11.5 Å². The van der Waals surface area contributed by atoms with E-state index in [9.17, 15) is 5.26 Å². The Kier molecular flexibility index (Phi) is 7.43. The van der Waals surface area contributed by atoms with Crippen molar-refractivity contribution in [3.05, 3.63) is 39.8 Å². The lowest BCUT2D eigenvalue weighted by Crippen LogP contribution is -2.26. The highest BCUT2D eigenvalue weighted by Gasteiger charge is 2.32. The van der Waals surface area contributed by atoms with Gasteiger partial charge in [0.1, 0.15) is 11.1 Å². The molecule has 0 radical (unpaired) electrons. The maximum absolute atomic E-state index is 9.79. The second kappa shape index (κ2) is 9.87. The highest BCUT2D eigenvalue weighted by Crippen LogP contribution is 2.45. The van der Waals surface area contributed by atoms with Crippen molar-refractivity contribution in [1.29, 1.82) is 5.26 Å². The Bertz CT molecular complexity index is 979. The van der Waals surface area contributed by atoms with Gasteiger partial charge in [0, 0.05) is 11.1 Å². The first kappa shape index (κ1) is 23.3. The number of ether oxygens (including phenoxy) is 2. The molecule has 31 heavy (non-hydrogen) atoms. The lowest BCUT2D eigenvalue weighted by molar-refractivity contribution is 0.203. The summed E-state index contributed by atoms with van der Waals surface area (Å²) in [6, 6.07) is 8.30. The molecule has 1 aliphatic carbocycles. The Balaban J connectivity index is 1.86. The molecule has 166 valence electrons. The summed E-state index contributed by atoms with van der Waals surface area (Å²) in [7, 11) is 0. The van der Waals surface area contributed by atoms with E-state index in [1.165, 1.54) is 10.4 Å². The first-order valence-corrected chi connectivity index (χ1v) is 12.1. The third-order valence-corrected chi connectivity index (χ3v) is 7.25. The fraction of sp³-hybridized carbons (Fsp3) is 0.538. The van der Waals surface area contributed by atoms with Crippen molar-refractivity contribution >= 4 is 22.6 Å². The molecule has 0 unspecified atom stereocenters. The van der Waals surface area contributed by atoms with Crippen LogP contribution in [0.3, 0.4) is 0 Å². The molecule has 0 amide bonds. The molecule has 0 aliphatic heterocycles. The number of benzene rings is 1. The Hall–Kier alpha value is -2.32. The molecule has 1 heterocycles. The van der Waals surface area contributed by atoms with E-state index in [1.54, 1.807) is 11.3 Å². The third kappa shape index (κ3) is 5.49. The smallest absolute Gasteiger partial charge is 0.161 e. The lowest BCUT2D eigenvalue weighted by Gasteiger charge is -2.33. The molecule has 0 saturated heterocycles. The van der Waals surface area contributed by atoms with E-state index in [0.29, 0.717) is 12.5 Å². The second-order valence-electron chi connectivity index (χ2n) is 9.34. The maximum atomic E-state index is 9.79. The zero-order valence-corrected chi connectivity index (χ0v) is 20.4. The summed E-state index contributed by atoms with van der Waals surface area (Å²) >= 11 is 1.68. The number of fused-ring (bicyclic) bond motifs is 1. The van der Waals surface area contributed by atoms with Gasteiger partial charge < -0.3 is 9.47 Å². The first-order chi connectivity index (χ1) is 14.8. The molecule has 4 nitrogen and oxygen atoms in total. The Morgan fingerprint density at radius 3 is 2.71 bits per heavy atom. The van der Waals surface area contributed by atoms with Crippen molar-refractivity contribution in [2.24, 2.45) is 16.3 Å². The summed E-state index contributed by atoms with van der Waals surface area (Å²) in [5, 5.41) is 10.6. The van der Waals surface area contributed by atoms with Gasteiger partial charge in [-0.15, -0.1) is 11.3 Å². The van der Waals surface area contributed by atoms with E-state index in [1.807, 2.05) is 31.3 Å². The van der Waals surface area contributed by atoms with Gasteiger partial charge in [0.05, 0.1) is 18.3 Å². The van der Waals surface area contributed by atoms with Crippen LogP contribution < -0.4 is 9.47 Å². The van der Waals surface area contributed by atoms with Crippen molar-refractivity contribution in [1.82, 2.24) is 0 Å². The monoisotopic (exact) mass is 438 g/mol. The number of rotatable bonds is 7. The van der Waals surface area contributed by atoms with Gasteiger partial charge in [0.15, 0.2) is 11.5 Å². The topological polar surface area (TPSA) is 54.6 Å². The fourth-order valence-electron chi connectivity index (χ4n) is 3.92. The van der Waals surface area contributed by atoms with Crippen molar-refractivity contribution < 1.29 is 9.47 Å². The molecular weight excluding hydrogens is 404 g/mol. The Morgan fingerprint density at radius 1 is 1.29 bits per heavy atom. The Labute approximate surface area is 190 Å². The summed E-state index contributed by atoms with van der Waals surface area (Å²) in [5.41, 5.74) is 3.19. The van der Waals surface area contributed by atoms with Gasteiger partial charge in [-0.3, -0.25) is 0 Å². The molecule has 1 aliphatic rings. The standard InChI is InChI=1S/C26H34N2O2S/c1-7-17(3)30-22-12-9-18(13-23(22)29-8-2)16-28-25-21(15-27)20-11-10-19(26(4,5)6)14-24(20)31-25/h9,12-13,16-17,19H,7-8,10-11,14H2,1-6H3/t17-,19+/m0/s1. The van der Waals surface area contributed by atoms with Crippen LogP contribution in [0.2, 0.25) is 0 Å². The van der Waals surface area contributed by atoms with Crippen molar-refractivity contribution in [2.45, 2.75) is 73.3 Å². The molecule has 2 atom stereocenters. The fourth-order valence-corrected chi connectivity index (χ4v) is 5.14. The number of nitrogens with zero attached hydrogens (tertiary/aromatic N) is 2. The maximum Gasteiger partial charge on any atom is 0.161 e. The minimum atomic E-state index is 0.131. The third-order valence-electron chi connectivity index (χ3n) is 6.08. The van der Waals surface area contributed by atoms with Gasteiger partial charge in [0.25, 0.3) is 0 Å². The van der Waals surface area contributed by atoms with Crippen LogP contribution in [0.15, 0.2) is 23.2 Å². The molecular formula is C26H34N2O2S. The quantitative estimate of drug-likeness (QED) is 0.433. The van der Waals surface area contributed by atoms with Crippen LogP contribution in [-0.2, 0) is 12.8 Å². The van der Waals surface area contributed by atoms with E-state index >= 15 is 0 Å². The number of thiophene rings is 1. The van der Waals surface area contributed by atoms with E-state index in [2.05, 4.69) is 40.7 Å². The average molecular weight is 439 g/mol. The SMILES string of the molecule is CCOc1cc(C=Nc2sc3c(c2C#N)CC[C@@H](C(C)(C)C)C3)ccc1O[C@@H](C)CC. The molecule has 0 bridgehead atoms. The second-order valence-corrected chi connectivity index (χ2v) is 10.4. The predicted molar refractivity (Wildman–Crippen MR) is 129 cm³/mol. The summed E-state index contributed by atoms with van der Waals surface area (Å²) in [4.78, 5) is 6.06. The van der Waals surface area contributed by atoms with E-state index in [0.717, 1.165) is 53.3 Å². The van der Waals surface area contributed by atoms with Crippen LogP contribution >= 0.6 is 11.3 Å². The van der Waals surface area contributed by atoms with Gasteiger partial charge in [-0.25, -0.2) is 4.99 Å². The highest BCUT2D eigenvalue weighted by molar-refractivity contribution is 7.16. The normalized spacial score (nSPS) is 17.3. The molecule has 0 spiro atoms. The molecule has 0 saturated carbocycles. The number of nitriles is 1. The van der Waals surface area contributed by atoms with Crippen LogP contribution in [0.1, 0.15) is 76.0 Å². The summed E-state index contributed by atoms with van der Waals surface area (Å²) in [5.74, 6) is 2.13. The zero-order chi connectivity index (χ0) is 22.6. The van der Waals surface area contributed by atoms with Crippen LogP contribution in [0.5, 0.6) is 11.5 Å². The molecule has 3 rings (SSSR count). The van der Waals surface area contributed by atoms with Crippen LogP contribution in [0, 0.1) is 22.7 Å². The van der Waals surface area contributed by atoms with E-state index in [4.69, 9.17) is 14.5 Å². The molecule has 5 heteroatoms. The number of hydrogen-bond donors (Lipinski definition) is 0. The number of aliphatic imine (C=N–C) groups is 1. The minimum Gasteiger partial charge on any atom is -0.490 e. The molecule has 1 aromatic heterocycles. The molecule has 1 aromatic carbocycles. The summed E-state index contributed by atoms with van der Waals surface area (Å²) < 4.78 is 11.8. The average Bonchev–Trinajstić information content (AvgIpc) is 3.10. The van der Waals surface area contributed by atoms with Crippen LogP contribution in [0.25, 0.3) is 0 Å². The largest absolute Gasteiger partial charge is 0.490 e. The molecule has 2 aromatic rings. The van der Waals surface area contributed by atoms with Crippen molar-refractivity contribution in [3.8, 4) is 17.6 Å².